The summed E-state index contributed by atoms with van der Waals surface area (Å²) in [6.45, 7) is 0.631. The second-order valence-electron chi connectivity index (χ2n) is 7.11. The molecule has 174 valence electrons. The Balaban J connectivity index is 0.000000383. The third kappa shape index (κ3) is 5.77. The summed E-state index contributed by atoms with van der Waals surface area (Å²) in [5.74, 6) is -2.82. The van der Waals surface area contributed by atoms with E-state index in [9.17, 15) is 26.4 Å². The number of aliphatic carboxylic acids is 1. The molecule has 33 heavy (non-hydrogen) atoms. The van der Waals surface area contributed by atoms with Crippen LogP contribution in [0.25, 0.3) is 22.5 Å². The molecule has 2 aromatic heterocycles. The molecular formula is C21H18F3N3O5S. The fourth-order valence-electron chi connectivity index (χ4n) is 3.09. The first-order valence-electron chi connectivity index (χ1n) is 9.43. The first-order chi connectivity index (χ1) is 15.4. The molecule has 3 N–H and O–H groups in total. The van der Waals surface area contributed by atoms with Crippen molar-refractivity contribution in [2.24, 2.45) is 0 Å². The SMILES string of the molecule is CS(=O)(=O)c1cccc(-c2cc(-c3cc4c([nH]3)CCNC4=O)ccn2)c1.O=C(O)C(F)(F)F. The summed E-state index contributed by atoms with van der Waals surface area (Å²) < 4.78 is 55.3. The van der Waals surface area contributed by atoms with Gasteiger partial charge < -0.3 is 15.4 Å². The lowest BCUT2D eigenvalue weighted by molar-refractivity contribution is -0.192. The molecule has 0 saturated heterocycles. The highest BCUT2D eigenvalue weighted by Gasteiger charge is 2.38. The Morgan fingerprint density at radius 3 is 2.42 bits per heavy atom. The molecule has 0 bridgehead atoms. The van der Waals surface area contributed by atoms with E-state index in [1.165, 1.54) is 6.26 Å². The van der Waals surface area contributed by atoms with Gasteiger partial charge in [-0.05, 0) is 30.3 Å². The summed E-state index contributed by atoms with van der Waals surface area (Å²) in [6.07, 6.45) is -1.45. The quantitative estimate of drug-likeness (QED) is 0.527. The van der Waals surface area contributed by atoms with Gasteiger partial charge in [0.15, 0.2) is 9.84 Å². The van der Waals surface area contributed by atoms with Crippen molar-refractivity contribution < 1.29 is 36.3 Å². The topological polar surface area (TPSA) is 129 Å². The van der Waals surface area contributed by atoms with Gasteiger partial charge in [0.25, 0.3) is 5.91 Å². The number of carbonyl (C=O) groups excluding carboxylic acids is 1. The van der Waals surface area contributed by atoms with Gasteiger partial charge in [0.2, 0.25) is 0 Å². The minimum absolute atomic E-state index is 0.0658. The van der Waals surface area contributed by atoms with Crippen LogP contribution in [0.3, 0.4) is 0 Å². The largest absolute Gasteiger partial charge is 0.490 e. The number of benzene rings is 1. The number of carbonyl (C=O) groups is 2. The van der Waals surface area contributed by atoms with E-state index >= 15 is 0 Å². The molecule has 0 fully saturated rings. The first-order valence-corrected chi connectivity index (χ1v) is 11.3. The number of H-pyrrole nitrogens is 1. The van der Waals surface area contributed by atoms with Crippen LogP contribution in [0, 0.1) is 0 Å². The van der Waals surface area contributed by atoms with Gasteiger partial charge in [0.05, 0.1) is 16.2 Å². The molecule has 1 aliphatic heterocycles. The second-order valence-corrected chi connectivity index (χ2v) is 9.13. The number of nitrogens with one attached hydrogen (secondary N) is 2. The van der Waals surface area contributed by atoms with E-state index in [1.807, 2.05) is 24.3 Å². The molecule has 0 radical (unpaired) electrons. The van der Waals surface area contributed by atoms with E-state index in [0.29, 0.717) is 17.8 Å². The number of amides is 1. The number of aromatic amines is 1. The average Bonchev–Trinajstić information content (AvgIpc) is 3.19. The minimum Gasteiger partial charge on any atom is -0.475 e. The highest BCUT2D eigenvalue weighted by molar-refractivity contribution is 7.90. The zero-order valence-corrected chi connectivity index (χ0v) is 17.9. The maximum absolute atomic E-state index is 11.9. The van der Waals surface area contributed by atoms with Gasteiger partial charge in [0, 0.05) is 47.9 Å². The molecule has 3 heterocycles. The van der Waals surface area contributed by atoms with E-state index in [2.05, 4.69) is 15.3 Å². The number of fused-ring (bicyclic) bond motifs is 1. The Hall–Kier alpha value is -3.67. The molecule has 1 amide bonds. The van der Waals surface area contributed by atoms with Crippen molar-refractivity contribution in [2.75, 3.05) is 12.8 Å². The van der Waals surface area contributed by atoms with E-state index in [1.54, 1.807) is 24.4 Å². The molecule has 3 aromatic rings. The van der Waals surface area contributed by atoms with Gasteiger partial charge in [-0.2, -0.15) is 13.2 Å². The van der Waals surface area contributed by atoms with Crippen molar-refractivity contribution in [3.05, 3.63) is 59.9 Å². The number of sulfone groups is 1. The van der Waals surface area contributed by atoms with Crippen LogP contribution in [0.2, 0.25) is 0 Å². The standard InChI is InChI=1S/C19H17N3O3S.C2HF3O2/c1-26(24,25)14-4-2-3-12(9-14)17-10-13(5-7-20-17)18-11-15-16(22-18)6-8-21-19(15)23;3-2(4,5)1(6)7/h2-5,7,9-11,22H,6,8H2,1H3,(H,21,23);(H,6,7). The van der Waals surface area contributed by atoms with Crippen molar-refractivity contribution >= 4 is 21.7 Å². The highest BCUT2D eigenvalue weighted by Crippen LogP contribution is 2.28. The molecule has 0 unspecified atom stereocenters. The first kappa shape index (κ1) is 24.0. The monoisotopic (exact) mass is 481 g/mol. The molecule has 4 rings (SSSR count). The van der Waals surface area contributed by atoms with Crippen LogP contribution < -0.4 is 5.32 Å². The third-order valence-electron chi connectivity index (χ3n) is 4.68. The summed E-state index contributed by atoms with van der Waals surface area (Å²) in [4.78, 5) is 28.8. The number of halogens is 3. The van der Waals surface area contributed by atoms with Crippen LogP contribution >= 0.6 is 0 Å². The zero-order valence-electron chi connectivity index (χ0n) is 17.1. The van der Waals surface area contributed by atoms with E-state index in [0.717, 1.165) is 28.9 Å². The van der Waals surface area contributed by atoms with Crippen molar-refractivity contribution in [1.29, 1.82) is 0 Å². The third-order valence-corrected chi connectivity index (χ3v) is 5.79. The van der Waals surface area contributed by atoms with Crippen molar-refractivity contribution in [3.8, 4) is 22.5 Å². The van der Waals surface area contributed by atoms with Gasteiger partial charge in [-0.1, -0.05) is 12.1 Å². The number of alkyl halides is 3. The lowest BCUT2D eigenvalue weighted by Gasteiger charge is -2.11. The van der Waals surface area contributed by atoms with Crippen molar-refractivity contribution in [3.63, 3.8) is 0 Å². The molecule has 0 atom stereocenters. The molecule has 0 spiro atoms. The molecule has 0 saturated carbocycles. The Kier molecular flexibility index (Phi) is 6.58. The predicted molar refractivity (Wildman–Crippen MR) is 112 cm³/mol. The highest BCUT2D eigenvalue weighted by atomic mass is 32.2. The van der Waals surface area contributed by atoms with Gasteiger partial charge in [-0.15, -0.1) is 0 Å². The van der Waals surface area contributed by atoms with E-state index in [4.69, 9.17) is 9.90 Å². The number of hydrogen-bond donors (Lipinski definition) is 3. The van der Waals surface area contributed by atoms with Crippen LogP contribution in [0.4, 0.5) is 13.2 Å². The van der Waals surface area contributed by atoms with Crippen LogP contribution in [0.5, 0.6) is 0 Å². The number of pyridine rings is 1. The summed E-state index contributed by atoms with van der Waals surface area (Å²) in [5, 5.41) is 9.96. The lowest BCUT2D eigenvalue weighted by Crippen LogP contribution is -2.31. The Morgan fingerprint density at radius 2 is 1.82 bits per heavy atom. The lowest BCUT2D eigenvalue weighted by atomic mass is 10.1. The molecule has 8 nitrogen and oxygen atoms in total. The molecule has 0 aliphatic carbocycles. The normalized spacial score (nSPS) is 13.4. The van der Waals surface area contributed by atoms with Gasteiger partial charge in [-0.3, -0.25) is 9.78 Å². The van der Waals surface area contributed by atoms with Crippen LogP contribution in [0.1, 0.15) is 16.1 Å². The second kappa shape index (κ2) is 9.06. The summed E-state index contributed by atoms with van der Waals surface area (Å²) in [5.41, 5.74) is 4.73. The fourth-order valence-corrected chi connectivity index (χ4v) is 3.76. The zero-order chi connectivity index (χ0) is 24.4. The maximum atomic E-state index is 11.9. The maximum Gasteiger partial charge on any atom is 0.490 e. The van der Waals surface area contributed by atoms with Gasteiger partial charge in [-0.25, -0.2) is 13.2 Å². The average molecular weight is 481 g/mol. The number of rotatable bonds is 3. The molecule has 1 aromatic carbocycles. The molecule has 1 aliphatic rings. The number of carboxylic acids is 1. The summed E-state index contributed by atoms with van der Waals surface area (Å²) in [6, 6.07) is 12.3. The summed E-state index contributed by atoms with van der Waals surface area (Å²) >= 11 is 0. The minimum atomic E-state index is -5.08. The van der Waals surface area contributed by atoms with Gasteiger partial charge >= 0.3 is 12.1 Å². The van der Waals surface area contributed by atoms with E-state index < -0.39 is 22.0 Å². The molecule has 12 heteroatoms. The predicted octanol–water partition coefficient (Wildman–Crippen LogP) is 3.07. The Morgan fingerprint density at radius 1 is 1.12 bits per heavy atom. The van der Waals surface area contributed by atoms with Crippen molar-refractivity contribution in [2.45, 2.75) is 17.5 Å². The number of aromatic nitrogens is 2. The van der Waals surface area contributed by atoms with Crippen LogP contribution in [-0.2, 0) is 21.1 Å². The smallest absolute Gasteiger partial charge is 0.475 e. The van der Waals surface area contributed by atoms with Crippen LogP contribution in [-0.4, -0.2) is 54.3 Å². The number of hydrogen-bond acceptors (Lipinski definition) is 5. The Bertz CT molecular complexity index is 1320. The van der Waals surface area contributed by atoms with Gasteiger partial charge in [0.1, 0.15) is 0 Å². The van der Waals surface area contributed by atoms with Crippen molar-refractivity contribution in [1.82, 2.24) is 15.3 Å². The Labute approximate surface area is 186 Å². The number of carboxylic acid groups (broad SMARTS) is 1. The number of nitrogens with zero attached hydrogens (tertiary/aromatic N) is 1. The fraction of sp³-hybridized carbons (Fsp3) is 0.190. The summed E-state index contributed by atoms with van der Waals surface area (Å²) in [7, 11) is -3.28. The van der Waals surface area contributed by atoms with E-state index in [-0.39, 0.29) is 10.8 Å². The van der Waals surface area contributed by atoms with Crippen LogP contribution in [0.15, 0.2) is 53.6 Å². The molecular weight excluding hydrogens is 463 g/mol.